The Kier molecular flexibility index (Phi) is 10.8. The van der Waals surface area contributed by atoms with Gasteiger partial charge in [0.15, 0.2) is 6.29 Å². The molecule has 0 aliphatic carbocycles. The van der Waals surface area contributed by atoms with Crippen molar-refractivity contribution in [2.24, 2.45) is 0 Å². The number of hydrogen-bond acceptors (Lipinski definition) is 6. The molecular formula is C26H35N3O5. The van der Waals surface area contributed by atoms with Crippen LogP contribution in [0.2, 0.25) is 0 Å². The van der Waals surface area contributed by atoms with Gasteiger partial charge in [0.1, 0.15) is 5.75 Å². The second-order valence-corrected chi connectivity index (χ2v) is 8.42. The summed E-state index contributed by atoms with van der Waals surface area (Å²) in [4.78, 5) is 34.1. The van der Waals surface area contributed by atoms with E-state index < -0.39 is 18.3 Å². The number of rotatable bonds is 12. The van der Waals surface area contributed by atoms with Crippen LogP contribution in [-0.2, 0) is 9.57 Å². The molecule has 1 unspecified atom stereocenters. The highest BCUT2D eigenvalue weighted by atomic mass is 16.8. The summed E-state index contributed by atoms with van der Waals surface area (Å²) in [6.45, 7) is 3.42. The van der Waals surface area contributed by atoms with Gasteiger partial charge in [-0.15, -0.1) is 0 Å². The number of ether oxygens (including phenoxy) is 2. The molecule has 8 heteroatoms. The zero-order chi connectivity index (χ0) is 24.0. The number of nitrogens with one attached hydrogen (secondary N) is 2. The Morgan fingerprint density at radius 3 is 2.74 bits per heavy atom. The molecule has 0 spiro atoms. The molecule has 1 saturated heterocycles. The average Bonchev–Trinajstić information content (AvgIpc) is 2.87. The van der Waals surface area contributed by atoms with Crippen molar-refractivity contribution in [3.63, 3.8) is 0 Å². The molecule has 0 bridgehead atoms. The first kappa shape index (κ1) is 25.6. The molecule has 1 aromatic carbocycles. The lowest BCUT2D eigenvalue weighted by Gasteiger charge is -2.22. The Bertz CT molecular complexity index is 915. The number of unbranched alkanes of at least 4 members (excludes halogenated alkanes) is 5. The first-order valence-corrected chi connectivity index (χ1v) is 12.2. The second kappa shape index (κ2) is 14.3. The fraction of sp³-hybridized carbons (Fsp3) is 0.500. The summed E-state index contributed by atoms with van der Waals surface area (Å²) in [6, 6.07) is 8.84. The number of carbonyl (C=O) groups is 2. The summed E-state index contributed by atoms with van der Waals surface area (Å²) in [6.07, 6.45) is 12.0. The van der Waals surface area contributed by atoms with Gasteiger partial charge in [-0.3, -0.25) is 9.78 Å². The number of hydroxylamine groups is 1. The van der Waals surface area contributed by atoms with Crippen LogP contribution in [0.1, 0.15) is 75.1 Å². The third kappa shape index (κ3) is 8.76. The van der Waals surface area contributed by atoms with E-state index in [1.54, 1.807) is 30.5 Å². The second-order valence-electron chi connectivity index (χ2n) is 8.42. The van der Waals surface area contributed by atoms with E-state index in [0.717, 1.165) is 43.2 Å². The van der Waals surface area contributed by atoms with Crippen molar-refractivity contribution in [3.8, 4) is 16.9 Å². The summed E-state index contributed by atoms with van der Waals surface area (Å²) in [5.41, 5.74) is 4.30. The van der Waals surface area contributed by atoms with Gasteiger partial charge in [0.05, 0.1) is 5.56 Å². The molecule has 1 aliphatic heterocycles. The molecule has 184 valence electrons. The quantitative estimate of drug-likeness (QED) is 0.320. The van der Waals surface area contributed by atoms with Gasteiger partial charge in [0.2, 0.25) is 0 Å². The average molecular weight is 470 g/mol. The molecule has 1 fully saturated rings. The number of amides is 2. The van der Waals surface area contributed by atoms with E-state index in [-0.39, 0.29) is 0 Å². The summed E-state index contributed by atoms with van der Waals surface area (Å²) in [5.74, 6) is 0.0237. The fourth-order valence-corrected chi connectivity index (χ4v) is 3.68. The van der Waals surface area contributed by atoms with E-state index in [2.05, 4.69) is 22.7 Å². The Balaban J connectivity index is 1.49. The van der Waals surface area contributed by atoms with Crippen molar-refractivity contribution in [2.75, 3.05) is 13.2 Å². The molecule has 2 heterocycles. The largest absolute Gasteiger partial charge is 0.412 e. The molecule has 3 rings (SSSR count). The minimum absolute atomic E-state index is 0.358. The summed E-state index contributed by atoms with van der Waals surface area (Å²) in [5, 5.41) is 2.80. The van der Waals surface area contributed by atoms with Gasteiger partial charge in [0, 0.05) is 37.5 Å². The molecule has 2 amide bonds. The van der Waals surface area contributed by atoms with E-state index in [4.69, 9.17) is 14.3 Å². The SMILES string of the molecule is CCCCCCCCNC(=O)Oc1cccc(-c2cncc(C(=O)NOC3CCCCO3)c2)c1. The van der Waals surface area contributed by atoms with Crippen LogP contribution in [0.4, 0.5) is 4.79 Å². The molecule has 8 nitrogen and oxygen atoms in total. The maximum atomic E-state index is 12.5. The zero-order valence-corrected chi connectivity index (χ0v) is 19.9. The lowest BCUT2D eigenvalue weighted by molar-refractivity contribution is -0.186. The number of pyridine rings is 1. The molecule has 1 atom stereocenters. The maximum absolute atomic E-state index is 12.5. The van der Waals surface area contributed by atoms with Crippen LogP contribution in [0.25, 0.3) is 11.1 Å². The highest BCUT2D eigenvalue weighted by molar-refractivity contribution is 5.94. The van der Waals surface area contributed by atoms with Gasteiger partial charge in [-0.05, 0) is 43.0 Å². The van der Waals surface area contributed by atoms with Gasteiger partial charge < -0.3 is 14.8 Å². The minimum Gasteiger partial charge on any atom is -0.410 e. The number of carbonyl (C=O) groups excluding carboxylic acids is 2. The third-order valence-electron chi connectivity index (χ3n) is 5.60. The van der Waals surface area contributed by atoms with Crippen molar-refractivity contribution in [2.45, 2.75) is 71.0 Å². The van der Waals surface area contributed by atoms with Crippen molar-refractivity contribution < 1.29 is 23.9 Å². The predicted octanol–water partition coefficient (Wildman–Crippen LogP) is 5.39. The smallest absolute Gasteiger partial charge is 0.410 e. The van der Waals surface area contributed by atoms with E-state index >= 15 is 0 Å². The van der Waals surface area contributed by atoms with Crippen molar-refractivity contribution in [1.82, 2.24) is 15.8 Å². The van der Waals surface area contributed by atoms with Crippen LogP contribution in [0, 0.1) is 0 Å². The van der Waals surface area contributed by atoms with Crippen LogP contribution in [0.5, 0.6) is 5.75 Å². The highest BCUT2D eigenvalue weighted by Crippen LogP contribution is 2.24. The van der Waals surface area contributed by atoms with Gasteiger partial charge in [-0.2, -0.15) is 0 Å². The number of nitrogens with zero attached hydrogens (tertiary/aromatic N) is 1. The molecule has 2 aromatic rings. The minimum atomic E-state index is -0.473. The Morgan fingerprint density at radius 2 is 1.91 bits per heavy atom. The topological polar surface area (TPSA) is 98.8 Å². The Hall–Kier alpha value is -2.97. The number of benzene rings is 1. The molecule has 1 aliphatic rings. The first-order valence-electron chi connectivity index (χ1n) is 12.2. The predicted molar refractivity (Wildman–Crippen MR) is 129 cm³/mol. The summed E-state index contributed by atoms with van der Waals surface area (Å²) < 4.78 is 10.9. The molecule has 1 aromatic heterocycles. The van der Waals surface area contributed by atoms with Crippen LogP contribution >= 0.6 is 0 Å². The summed E-state index contributed by atoms with van der Waals surface area (Å²) in [7, 11) is 0. The van der Waals surface area contributed by atoms with Gasteiger partial charge in [-0.1, -0.05) is 51.2 Å². The van der Waals surface area contributed by atoms with Crippen LogP contribution in [0.3, 0.4) is 0 Å². The van der Waals surface area contributed by atoms with E-state index in [9.17, 15) is 9.59 Å². The first-order chi connectivity index (χ1) is 16.7. The number of hydrogen-bond donors (Lipinski definition) is 2. The van der Waals surface area contributed by atoms with Gasteiger partial charge in [-0.25, -0.2) is 15.1 Å². The molecule has 2 N–H and O–H groups in total. The Morgan fingerprint density at radius 1 is 1.06 bits per heavy atom. The lowest BCUT2D eigenvalue weighted by atomic mass is 10.1. The van der Waals surface area contributed by atoms with Crippen molar-refractivity contribution in [1.29, 1.82) is 0 Å². The third-order valence-corrected chi connectivity index (χ3v) is 5.60. The normalized spacial score (nSPS) is 15.5. The van der Waals surface area contributed by atoms with Crippen molar-refractivity contribution in [3.05, 3.63) is 48.3 Å². The van der Waals surface area contributed by atoms with E-state index in [0.29, 0.717) is 24.5 Å². The number of aromatic nitrogens is 1. The zero-order valence-electron chi connectivity index (χ0n) is 19.9. The van der Waals surface area contributed by atoms with E-state index in [1.165, 1.54) is 31.9 Å². The molecule has 0 radical (unpaired) electrons. The molecular weight excluding hydrogens is 434 g/mol. The maximum Gasteiger partial charge on any atom is 0.412 e. The summed E-state index contributed by atoms with van der Waals surface area (Å²) >= 11 is 0. The molecule has 34 heavy (non-hydrogen) atoms. The van der Waals surface area contributed by atoms with Crippen LogP contribution in [0.15, 0.2) is 42.7 Å². The van der Waals surface area contributed by atoms with E-state index in [1.807, 2.05) is 6.07 Å². The molecule has 0 saturated carbocycles. The van der Waals surface area contributed by atoms with Crippen LogP contribution < -0.4 is 15.5 Å². The fourth-order valence-electron chi connectivity index (χ4n) is 3.68. The Labute approximate surface area is 201 Å². The standard InChI is InChI=1S/C26H35N3O5/c1-2-3-4-5-6-8-14-28-26(31)33-23-12-10-11-20(17-23)21-16-22(19-27-18-21)25(30)29-34-24-13-7-9-15-32-24/h10-12,16-19,24H,2-9,13-15H2,1H3,(H,28,31)(H,29,30). The van der Waals surface area contributed by atoms with Crippen molar-refractivity contribution >= 4 is 12.0 Å². The van der Waals surface area contributed by atoms with Gasteiger partial charge >= 0.3 is 6.09 Å². The monoisotopic (exact) mass is 469 g/mol. The van der Waals surface area contributed by atoms with Crippen LogP contribution in [-0.4, -0.2) is 36.4 Å². The lowest BCUT2D eigenvalue weighted by Crippen LogP contribution is -2.33. The highest BCUT2D eigenvalue weighted by Gasteiger charge is 2.17. The van der Waals surface area contributed by atoms with Gasteiger partial charge in [0.25, 0.3) is 5.91 Å².